The first-order valence-corrected chi connectivity index (χ1v) is 7.02. The molecule has 0 bridgehead atoms. The molecular weight excluding hydrogens is 276 g/mol. The van der Waals surface area contributed by atoms with Gasteiger partial charge in [-0.05, 0) is 18.2 Å². The lowest BCUT2D eigenvalue weighted by atomic mass is 9.97. The average Bonchev–Trinajstić information content (AvgIpc) is 2.99. The van der Waals surface area contributed by atoms with Crippen molar-refractivity contribution < 1.29 is 14.6 Å². The van der Waals surface area contributed by atoms with Crippen molar-refractivity contribution in [3.05, 3.63) is 90.0 Å². The summed E-state index contributed by atoms with van der Waals surface area (Å²) < 4.78 is 12.2. The molecule has 0 fully saturated rings. The molecule has 3 nitrogen and oxygen atoms in total. The van der Waals surface area contributed by atoms with Crippen LogP contribution in [0.3, 0.4) is 0 Å². The molecule has 0 aliphatic carbocycles. The van der Waals surface area contributed by atoms with Crippen LogP contribution in [-0.2, 0) is 5.79 Å². The Kier molecular flexibility index (Phi) is 2.79. The third-order valence-corrected chi connectivity index (χ3v) is 3.70. The third kappa shape index (κ3) is 1.83. The first-order chi connectivity index (χ1) is 10.8. The van der Waals surface area contributed by atoms with E-state index in [1.807, 2.05) is 60.7 Å². The van der Waals surface area contributed by atoms with E-state index >= 15 is 0 Å². The molecule has 1 radical (unpaired) electrons. The van der Waals surface area contributed by atoms with Gasteiger partial charge in [0.05, 0.1) is 0 Å². The van der Waals surface area contributed by atoms with Crippen molar-refractivity contribution in [2.75, 3.05) is 0 Å². The Hall–Kier alpha value is -2.94. The molecule has 107 valence electrons. The average molecular weight is 289 g/mol. The number of phenolic OH excluding ortho intramolecular Hbond substituents is 1. The lowest BCUT2D eigenvalue weighted by molar-refractivity contribution is -0.0467. The van der Waals surface area contributed by atoms with E-state index in [0.717, 1.165) is 11.1 Å². The van der Waals surface area contributed by atoms with Crippen molar-refractivity contribution in [3.63, 3.8) is 0 Å². The summed E-state index contributed by atoms with van der Waals surface area (Å²) in [4.78, 5) is 0. The smallest absolute Gasteiger partial charge is 0.305 e. The molecule has 0 amide bonds. The zero-order valence-corrected chi connectivity index (χ0v) is 11.7. The molecule has 0 spiro atoms. The molecule has 0 saturated heterocycles. The van der Waals surface area contributed by atoms with Crippen LogP contribution in [0.4, 0.5) is 0 Å². The fourth-order valence-electron chi connectivity index (χ4n) is 2.67. The maximum atomic E-state index is 10.0. The van der Waals surface area contributed by atoms with Crippen molar-refractivity contribution in [1.29, 1.82) is 0 Å². The van der Waals surface area contributed by atoms with Gasteiger partial charge in [0.1, 0.15) is 0 Å². The number of benzene rings is 3. The van der Waals surface area contributed by atoms with E-state index in [0.29, 0.717) is 11.5 Å². The van der Waals surface area contributed by atoms with Gasteiger partial charge in [-0.2, -0.15) is 0 Å². The van der Waals surface area contributed by atoms with Gasteiger partial charge in [-0.3, -0.25) is 0 Å². The molecule has 0 unspecified atom stereocenters. The number of aromatic hydroxyl groups is 1. The van der Waals surface area contributed by atoms with Crippen LogP contribution in [0.2, 0.25) is 0 Å². The van der Waals surface area contributed by atoms with Crippen molar-refractivity contribution in [2.45, 2.75) is 5.79 Å². The molecule has 3 heteroatoms. The summed E-state index contributed by atoms with van der Waals surface area (Å²) in [5.74, 6) is -0.261. The zero-order chi connectivity index (χ0) is 15.0. The number of hydrogen-bond acceptors (Lipinski definition) is 3. The Morgan fingerprint density at radius 2 is 1.36 bits per heavy atom. The fourth-order valence-corrected chi connectivity index (χ4v) is 2.67. The Morgan fingerprint density at radius 1 is 0.773 bits per heavy atom. The van der Waals surface area contributed by atoms with Gasteiger partial charge >= 0.3 is 5.79 Å². The van der Waals surface area contributed by atoms with Gasteiger partial charge in [-0.25, -0.2) is 0 Å². The molecule has 4 rings (SSSR count). The zero-order valence-electron chi connectivity index (χ0n) is 11.7. The predicted octanol–water partition coefficient (Wildman–Crippen LogP) is 3.86. The summed E-state index contributed by atoms with van der Waals surface area (Å²) in [5.41, 5.74) is 1.72. The van der Waals surface area contributed by atoms with Crippen LogP contribution in [-0.4, -0.2) is 5.11 Å². The second-order valence-corrected chi connectivity index (χ2v) is 5.09. The van der Waals surface area contributed by atoms with E-state index < -0.39 is 5.79 Å². The molecule has 3 aromatic carbocycles. The topological polar surface area (TPSA) is 38.7 Å². The molecule has 3 aromatic rings. The summed E-state index contributed by atoms with van der Waals surface area (Å²) in [7, 11) is 0. The highest BCUT2D eigenvalue weighted by molar-refractivity contribution is 5.55. The van der Waals surface area contributed by atoms with E-state index in [-0.39, 0.29) is 5.75 Å². The van der Waals surface area contributed by atoms with Crippen LogP contribution in [0.25, 0.3) is 0 Å². The summed E-state index contributed by atoms with van der Waals surface area (Å²) in [6, 6.07) is 25.4. The lowest BCUT2D eigenvalue weighted by Gasteiger charge is -2.28. The maximum absolute atomic E-state index is 10.0. The minimum absolute atomic E-state index is 0.0197. The van der Waals surface area contributed by atoms with E-state index in [4.69, 9.17) is 9.47 Å². The van der Waals surface area contributed by atoms with Crippen LogP contribution in [0.1, 0.15) is 11.1 Å². The Morgan fingerprint density at radius 3 is 1.91 bits per heavy atom. The van der Waals surface area contributed by atoms with Gasteiger partial charge in [-0.15, -0.1) is 0 Å². The van der Waals surface area contributed by atoms with Crippen LogP contribution in [0, 0.1) is 6.07 Å². The first-order valence-electron chi connectivity index (χ1n) is 7.02. The number of phenols is 1. The highest BCUT2D eigenvalue weighted by Gasteiger charge is 2.46. The minimum atomic E-state index is -1.10. The summed E-state index contributed by atoms with van der Waals surface area (Å²) >= 11 is 0. The third-order valence-electron chi connectivity index (χ3n) is 3.70. The van der Waals surface area contributed by atoms with E-state index in [2.05, 4.69) is 6.07 Å². The van der Waals surface area contributed by atoms with Gasteiger partial charge in [-0.1, -0.05) is 60.7 Å². The van der Waals surface area contributed by atoms with Crippen molar-refractivity contribution in [2.24, 2.45) is 0 Å². The van der Waals surface area contributed by atoms with Gasteiger partial charge < -0.3 is 14.6 Å². The molecule has 1 heterocycles. The maximum Gasteiger partial charge on any atom is 0.305 e. The van der Waals surface area contributed by atoms with Crippen LogP contribution >= 0.6 is 0 Å². The van der Waals surface area contributed by atoms with Crippen LogP contribution in [0.5, 0.6) is 17.2 Å². The number of fused-ring (bicyclic) bond motifs is 1. The van der Waals surface area contributed by atoms with Gasteiger partial charge in [0.15, 0.2) is 11.5 Å². The minimum Gasteiger partial charge on any atom is -0.504 e. The first kappa shape index (κ1) is 12.8. The predicted molar refractivity (Wildman–Crippen MR) is 81.9 cm³/mol. The standard InChI is InChI=1S/C19H13O3/c20-16-12-7-13-17-18(16)22-19(21-17,14-8-3-1-4-9-14)15-10-5-2-6-11-15/h1-6,8-13,20H. The monoisotopic (exact) mass is 289 g/mol. The van der Waals surface area contributed by atoms with Crippen molar-refractivity contribution >= 4 is 0 Å². The lowest BCUT2D eigenvalue weighted by Crippen LogP contribution is -2.36. The number of ether oxygens (including phenoxy) is 2. The largest absolute Gasteiger partial charge is 0.504 e. The molecule has 1 aliphatic heterocycles. The summed E-state index contributed by atoms with van der Waals surface area (Å²) in [6.07, 6.45) is 0. The summed E-state index contributed by atoms with van der Waals surface area (Å²) in [6.45, 7) is 0. The summed E-state index contributed by atoms with van der Waals surface area (Å²) in [5, 5.41) is 10.0. The molecular formula is C19H13O3. The van der Waals surface area contributed by atoms with Gasteiger partial charge in [0, 0.05) is 11.1 Å². The number of hydrogen-bond donors (Lipinski definition) is 1. The second kappa shape index (κ2) is 4.81. The van der Waals surface area contributed by atoms with Gasteiger partial charge in [0.25, 0.3) is 0 Å². The van der Waals surface area contributed by atoms with E-state index in [9.17, 15) is 5.11 Å². The van der Waals surface area contributed by atoms with Crippen LogP contribution in [0.15, 0.2) is 72.8 Å². The second-order valence-electron chi connectivity index (χ2n) is 5.09. The highest BCUT2D eigenvalue weighted by atomic mass is 16.7. The van der Waals surface area contributed by atoms with Crippen molar-refractivity contribution in [3.8, 4) is 17.2 Å². The van der Waals surface area contributed by atoms with E-state index in [1.165, 1.54) is 6.07 Å². The van der Waals surface area contributed by atoms with E-state index in [1.54, 1.807) is 6.07 Å². The number of rotatable bonds is 2. The Bertz CT molecular complexity index is 758. The quantitative estimate of drug-likeness (QED) is 0.778. The normalized spacial score (nSPS) is 14.7. The molecule has 22 heavy (non-hydrogen) atoms. The molecule has 0 saturated carbocycles. The Labute approximate surface area is 128 Å². The molecule has 1 aliphatic rings. The SMILES string of the molecule is Oc1c[c]cc2c1OC(c1ccccc1)(c1ccccc1)O2. The fraction of sp³-hybridized carbons (Fsp3) is 0.0526. The molecule has 0 atom stereocenters. The molecule has 0 aromatic heterocycles. The van der Waals surface area contributed by atoms with Crippen LogP contribution < -0.4 is 9.47 Å². The van der Waals surface area contributed by atoms with Gasteiger partial charge in [0.2, 0.25) is 5.75 Å². The highest BCUT2D eigenvalue weighted by Crippen LogP contribution is 2.51. The Balaban J connectivity index is 1.92. The van der Waals surface area contributed by atoms with Crippen molar-refractivity contribution in [1.82, 2.24) is 0 Å². The molecule has 1 N–H and O–H groups in total.